The van der Waals surface area contributed by atoms with Crippen molar-refractivity contribution in [2.45, 2.75) is 18.6 Å². The van der Waals surface area contributed by atoms with E-state index in [0.29, 0.717) is 6.42 Å². The fraction of sp³-hybridized carbons (Fsp3) is 0.467. The SMILES string of the molecule is O=C1[C@@H]2[C@H]3C[C@H]([C@@H](O)[C@H]3O)[C@@H]2C(=O)N1c1ccccc1O. The number of aliphatic hydroxyl groups excluding tert-OH is 2. The number of amides is 2. The predicted molar refractivity (Wildman–Crippen MR) is 71.2 cm³/mol. The highest BCUT2D eigenvalue weighted by atomic mass is 16.3. The van der Waals surface area contributed by atoms with Crippen LogP contribution in [0.1, 0.15) is 6.42 Å². The standard InChI is InChI=1S/C15H15NO5/c17-9-4-2-1-3-8(9)16-14(20)10-6-5-7(11(10)15(16)21)13(19)12(6)18/h1-4,6-7,10-13,17-19H,5H2/t6-,7+,10-,11+,12+,13-. The molecule has 6 nitrogen and oxygen atoms in total. The van der Waals surface area contributed by atoms with Gasteiger partial charge in [-0.15, -0.1) is 0 Å². The van der Waals surface area contributed by atoms with Crippen molar-refractivity contribution < 1.29 is 24.9 Å². The summed E-state index contributed by atoms with van der Waals surface area (Å²) in [6.07, 6.45) is -1.39. The zero-order valence-corrected chi connectivity index (χ0v) is 11.1. The minimum absolute atomic E-state index is 0.132. The Morgan fingerprint density at radius 1 is 0.952 bits per heavy atom. The molecule has 2 amide bonds. The molecule has 3 aliphatic rings. The predicted octanol–water partition coefficient (Wildman–Crippen LogP) is -0.131. The van der Waals surface area contributed by atoms with Crippen LogP contribution < -0.4 is 4.90 Å². The van der Waals surface area contributed by atoms with Gasteiger partial charge in [0.1, 0.15) is 5.75 Å². The first-order valence-corrected chi connectivity index (χ1v) is 7.04. The van der Waals surface area contributed by atoms with E-state index in [-0.39, 0.29) is 35.1 Å². The van der Waals surface area contributed by atoms with Gasteiger partial charge in [-0.2, -0.15) is 0 Å². The van der Waals surface area contributed by atoms with Gasteiger partial charge in [-0.3, -0.25) is 9.59 Å². The third-order valence-corrected chi connectivity index (χ3v) is 5.21. The van der Waals surface area contributed by atoms with E-state index in [4.69, 9.17) is 0 Å². The van der Waals surface area contributed by atoms with Gasteiger partial charge in [0.25, 0.3) is 0 Å². The number of hydrogen-bond donors (Lipinski definition) is 3. The molecular weight excluding hydrogens is 274 g/mol. The Bertz CT molecular complexity index is 613. The zero-order valence-electron chi connectivity index (χ0n) is 11.1. The summed E-state index contributed by atoms with van der Waals surface area (Å²) in [5.74, 6) is -2.81. The van der Waals surface area contributed by atoms with Gasteiger partial charge < -0.3 is 15.3 Å². The molecule has 6 atom stereocenters. The second kappa shape index (κ2) is 4.05. The van der Waals surface area contributed by atoms with Crippen LogP contribution in [0.3, 0.4) is 0 Å². The number of nitrogens with zero attached hydrogens (tertiary/aromatic N) is 1. The summed E-state index contributed by atoms with van der Waals surface area (Å²) in [6.45, 7) is 0. The van der Waals surface area contributed by atoms with Crippen molar-refractivity contribution in [3.05, 3.63) is 24.3 Å². The lowest BCUT2D eigenvalue weighted by atomic mass is 9.78. The lowest BCUT2D eigenvalue weighted by Gasteiger charge is -2.29. The van der Waals surface area contributed by atoms with Crippen LogP contribution in [0.5, 0.6) is 5.75 Å². The number of para-hydroxylation sites is 2. The molecule has 0 spiro atoms. The van der Waals surface area contributed by atoms with E-state index in [1.165, 1.54) is 12.1 Å². The maximum Gasteiger partial charge on any atom is 0.238 e. The molecule has 2 saturated carbocycles. The topological polar surface area (TPSA) is 98.1 Å². The van der Waals surface area contributed by atoms with Gasteiger partial charge in [-0.1, -0.05) is 12.1 Å². The molecule has 4 rings (SSSR count). The molecule has 3 fully saturated rings. The smallest absolute Gasteiger partial charge is 0.238 e. The molecular formula is C15H15NO5. The fourth-order valence-corrected chi connectivity index (χ4v) is 4.32. The summed E-state index contributed by atoms with van der Waals surface area (Å²) < 4.78 is 0. The van der Waals surface area contributed by atoms with Gasteiger partial charge in [-0.25, -0.2) is 4.90 Å². The van der Waals surface area contributed by atoms with E-state index in [9.17, 15) is 24.9 Å². The van der Waals surface area contributed by atoms with Crippen molar-refractivity contribution in [3.8, 4) is 5.75 Å². The molecule has 2 aliphatic carbocycles. The molecule has 21 heavy (non-hydrogen) atoms. The van der Waals surface area contributed by atoms with Crippen LogP contribution in [0, 0.1) is 23.7 Å². The molecule has 1 aromatic carbocycles. The molecule has 6 heteroatoms. The van der Waals surface area contributed by atoms with E-state index >= 15 is 0 Å². The van der Waals surface area contributed by atoms with Crippen LogP contribution in [0.2, 0.25) is 0 Å². The Balaban J connectivity index is 1.77. The number of carbonyl (C=O) groups excluding carboxylic acids is 2. The van der Waals surface area contributed by atoms with Gasteiger partial charge in [0.15, 0.2) is 0 Å². The summed E-state index contributed by atoms with van der Waals surface area (Å²) in [7, 11) is 0. The molecule has 1 aliphatic heterocycles. The maximum atomic E-state index is 12.6. The Morgan fingerprint density at radius 2 is 1.48 bits per heavy atom. The summed E-state index contributed by atoms with van der Waals surface area (Å²) in [5.41, 5.74) is 0.172. The monoisotopic (exact) mass is 289 g/mol. The third-order valence-electron chi connectivity index (χ3n) is 5.21. The number of hydrogen-bond acceptors (Lipinski definition) is 5. The number of rotatable bonds is 1. The highest BCUT2D eigenvalue weighted by molar-refractivity contribution is 6.23. The number of anilines is 1. The first-order valence-electron chi connectivity index (χ1n) is 7.04. The Hall–Kier alpha value is -1.92. The average molecular weight is 289 g/mol. The van der Waals surface area contributed by atoms with Crippen LogP contribution in [-0.4, -0.2) is 39.3 Å². The Kier molecular flexibility index (Phi) is 2.47. The molecule has 0 aromatic heterocycles. The number of carbonyl (C=O) groups is 2. The van der Waals surface area contributed by atoms with Crippen molar-refractivity contribution >= 4 is 17.5 Å². The number of aromatic hydroxyl groups is 1. The van der Waals surface area contributed by atoms with Crippen LogP contribution in [0.25, 0.3) is 0 Å². The van der Waals surface area contributed by atoms with E-state index in [1.54, 1.807) is 12.1 Å². The number of aliphatic hydroxyl groups is 2. The van der Waals surface area contributed by atoms with Gasteiger partial charge in [0.2, 0.25) is 11.8 Å². The quantitative estimate of drug-likeness (QED) is 0.626. The van der Waals surface area contributed by atoms with E-state index < -0.39 is 24.0 Å². The van der Waals surface area contributed by atoms with E-state index in [1.807, 2.05) is 0 Å². The highest BCUT2D eigenvalue weighted by Crippen LogP contribution is 2.57. The van der Waals surface area contributed by atoms with E-state index in [0.717, 1.165) is 4.90 Å². The molecule has 2 bridgehead atoms. The minimum atomic E-state index is -0.947. The first kappa shape index (κ1) is 12.8. The lowest BCUT2D eigenvalue weighted by Crippen LogP contribution is -2.43. The molecule has 0 radical (unpaired) electrons. The summed E-state index contributed by atoms with van der Waals surface area (Å²) >= 11 is 0. The van der Waals surface area contributed by atoms with Crippen molar-refractivity contribution in [1.82, 2.24) is 0 Å². The minimum Gasteiger partial charge on any atom is -0.506 e. The Labute approximate surface area is 120 Å². The number of phenolic OH excluding ortho intramolecular Hbond substituents is 1. The van der Waals surface area contributed by atoms with E-state index in [2.05, 4.69) is 0 Å². The number of benzene rings is 1. The maximum absolute atomic E-state index is 12.6. The highest BCUT2D eigenvalue weighted by Gasteiger charge is 2.67. The summed E-state index contributed by atoms with van der Waals surface area (Å²) in [5, 5.41) is 29.8. The van der Waals surface area contributed by atoms with Gasteiger partial charge in [0, 0.05) is 11.8 Å². The Morgan fingerprint density at radius 3 is 2.00 bits per heavy atom. The van der Waals surface area contributed by atoms with Gasteiger partial charge >= 0.3 is 0 Å². The summed E-state index contributed by atoms with van der Waals surface area (Å²) in [4.78, 5) is 26.2. The number of fused-ring (bicyclic) bond motifs is 5. The summed E-state index contributed by atoms with van der Waals surface area (Å²) in [6, 6.07) is 6.19. The van der Waals surface area contributed by atoms with Crippen molar-refractivity contribution in [3.63, 3.8) is 0 Å². The number of phenols is 1. The fourth-order valence-electron chi connectivity index (χ4n) is 4.32. The average Bonchev–Trinajstić information content (AvgIpc) is 3.06. The van der Waals surface area contributed by atoms with Crippen molar-refractivity contribution in [2.75, 3.05) is 4.90 Å². The largest absolute Gasteiger partial charge is 0.506 e. The van der Waals surface area contributed by atoms with Crippen LogP contribution in [0.15, 0.2) is 24.3 Å². The normalized spacial score (nSPS) is 41.0. The van der Waals surface area contributed by atoms with Crippen LogP contribution in [0.4, 0.5) is 5.69 Å². The third kappa shape index (κ3) is 1.43. The first-order chi connectivity index (χ1) is 10.0. The molecule has 3 N–H and O–H groups in total. The van der Waals surface area contributed by atoms with Crippen molar-refractivity contribution in [2.24, 2.45) is 23.7 Å². The van der Waals surface area contributed by atoms with Gasteiger partial charge in [-0.05, 0) is 18.6 Å². The second-order valence-electron chi connectivity index (χ2n) is 6.10. The molecule has 110 valence electrons. The zero-order chi connectivity index (χ0) is 14.9. The number of imide groups is 1. The van der Waals surface area contributed by atoms with Crippen LogP contribution >= 0.6 is 0 Å². The van der Waals surface area contributed by atoms with Gasteiger partial charge in [0.05, 0.1) is 29.7 Å². The molecule has 1 aromatic rings. The molecule has 1 saturated heterocycles. The second-order valence-corrected chi connectivity index (χ2v) is 6.10. The molecule has 0 unspecified atom stereocenters. The van der Waals surface area contributed by atoms with Crippen molar-refractivity contribution in [1.29, 1.82) is 0 Å². The lowest BCUT2D eigenvalue weighted by molar-refractivity contribution is -0.129. The van der Waals surface area contributed by atoms with Crippen LogP contribution in [-0.2, 0) is 9.59 Å². The molecule has 1 heterocycles.